The molecule has 1 atom stereocenters. The summed E-state index contributed by atoms with van der Waals surface area (Å²) in [5, 5.41) is 3.40. The largest absolute Gasteiger partial charge is 0.480 e. The van der Waals surface area contributed by atoms with Gasteiger partial charge in [0.1, 0.15) is 5.75 Å². The number of rotatable bonds is 8. The number of benzene rings is 3. The molecule has 0 saturated carbocycles. The molecule has 0 unspecified atom stereocenters. The lowest BCUT2D eigenvalue weighted by molar-refractivity contribution is -0.122. The van der Waals surface area contributed by atoms with Crippen molar-refractivity contribution in [3.63, 3.8) is 0 Å². The molecule has 0 heterocycles. The Kier molecular flexibility index (Phi) is 7.89. The van der Waals surface area contributed by atoms with E-state index in [1.807, 2.05) is 39.0 Å². The minimum absolute atomic E-state index is 0.0234. The van der Waals surface area contributed by atoms with Gasteiger partial charge in [-0.05, 0) is 79.9 Å². The van der Waals surface area contributed by atoms with Crippen molar-refractivity contribution in [1.82, 2.24) is 0 Å². The molecule has 3 aromatic rings. The molecule has 3 aromatic carbocycles. The molecule has 0 aliphatic rings. The molecule has 0 aliphatic carbocycles. The van der Waals surface area contributed by atoms with E-state index in [-0.39, 0.29) is 16.5 Å². The molecule has 0 spiro atoms. The molecule has 6 nitrogen and oxygen atoms in total. The number of nitrogens with one attached hydrogen (secondary N) is 2. The van der Waals surface area contributed by atoms with Crippen molar-refractivity contribution in [3.05, 3.63) is 81.8 Å². The maximum atomic E-state index is 12.7. The molecule has 0 saturated heterocycles. The second-order valence-corrected chi connectivity index (χ2v) is 10.1. The summed E-state index contributed by atoms with van der Waals surface area (Å²) in [5.74, 6) is 0.339. The van der Waals surface area contributed by atoms with Crippen molar-refractivity contribution in [3.8, 4) is 5.75 Å². The van der Waals surface area contributed by atoms with Crippen LogP contribution in [0.3, 0.4) is 0 Å². The van der Waals surface area contributed by atoms with Gasteiger partial charge in [0.15, 0.2) is 6.10 Å². The lowest BCUT2D eigenvalue weighted by Gasteiger charge is -2.19. The van der Waals surface area contributed by atoms with Crippen LogP contribution < -0.4 is 14.8 Å². The van der Waals surface area contributed by atoms with Crippen LogP contribution in [0.4, 0.5) is 11.4 Å². The van der Waals surface area contributed by atoms with E-state index in [2.05, 4.69) is 10.0 Å². The van der Waals surface area contributed by atoms with Crippen LogP contribution in [0, 0.1) is 13.8 Å². The summed E-state index contributed by atoms with van der Waals surface area (Å²) in [6.45, 7) is 5.74. The number of anilines is 2. The van der Waals surface area contributed by atoms with E-state index in [9.17, 15) is 13.2 Å². The van der Waals surface area contributed by atoms with E-state index in [4.69, 9.17) is 27.9 Å². The lowest BCUT2D eigenvalue weighted by atomic mass is 10.1. The highest BCUT2D eigenvalue weighted by atomic mass is 35.5. The van der Waals surface area contributed by atoms with Crippen LogP contribution in [0.25, 0.3) is 0 Å². The number of halogens is 2. The summed E-state index contributed by atoms with van der Waals surface area (Å²) in [5.41, 5.74) is 2.68. The van der Waals surface area contributed by atoms with Crippen LogP contribution in [0.1, 0.15) is 24.5 Å². The molecule has 0 aliphatic heterocycles. The molecule has 33 heavy (non-hydrogen) atoms. The van der Waals surface area contributed by atoms with Gasteiger partial charge in [-0.3, -0.25) is 9.52 Å². The fraction of sp³-hybridized carbons (Fsp3) is 0.208. The first-order chi connectivity index (χ1) is 15.6. The van der Waals surface area contributed by atoms with Gasteiger partial charge >= 0.3 is 0 Å². The highest BCUT2D eigenvalue weighted by Gasteiger charge is 2.20. The minimum atomic E-state index is -3.87. The average molecular weight is 507 g/mol. The number of amides is 1. The van der Waals surface area contributed by atoms with Gasteiger partial charge in [-0.2, -0.15) is 0 Å². The predicted molar refractivity (Wildman–Crippen MR) is 133 cm³/mol. The molecule has 0 radical (unpaired) electrons. The van der Waals surface area contributed by atoms with Crippen molar-refractivity contribution in [2.24, 2.45) is 0 Å². The van der Waals surface area contributed by atoms with Gasteiger partial charge in [0.05, 0.1) is 10.6 Å². The number of ether oxygens (including phenoxy) is 1. The van der Waals surface area contributed by atoms with Crippen LogP contribution in [0.5, 0.6) is 5.75 Å². The summed E-state index contributed by atoms with van der Waals surface area (Å²) >= 11 is 11.9. The van der Waals surface area contributed by atoms with Crippen molar-refractivity contribution in [1.29, 1.82) is 0 Å². The fourth-order valence-corrected chi connectivity index (χ4v) is 4.64. The van der Waals surface area contributed by atoms with E-state index in [1.54, 1.807) is 0 Å². The third-order valence-electron chi connectivity index (χ3n) is 4.82. The summed E-state index contributed by atoms with van der Waals surface area (Å²) in [7, 11) is -3.87. The minimum Gasteiger partial charge on any atom is -0.480 e. The first-order valence-corrected chi connectivity index (χ1v) is 12.4. The number of sulfonamides is 1. The molecular formula is C24H24Cl2N2O4S. The first-order valence-electron chi connectivity index (χ1n) is 10.2. The van der Waals surface area contributed by atoms with Crippen LogP contribution in [-0.2, 0) is 14.8 Å². The zero-order valence-electron chi connectivity index (χ0n) is 18.4. The van der Waals surface area contributed by atoms with Crippen LogP contribution in [-0.4, -0.2) is 20.4 Å². The van der Waals surface area contributed by atoms with Crippen molar-refractivity contribution in [2.75, 3.05) is 10.0 Å². The molecule has 9 heteroatoms. The van der Waals surface area contributed by atoms with Crippen molar-refractivity contribution >= 4 is 50.5 Å². The number of hydrogen-bond acceptors (Lipinski definition) is 4. The Morgan fingerprint density at radius 3 is 2.18 bits per heavy atom. The van der Waals surface area contributed by atoms with E-state index in [0.717, 1.165) is 11.1 Å². The Balaban J connectivity index is 1.69. The molecule has 3 rings (SSSR count). The molecular weight excluding hydrogens is 483 g/mol. The van der Waals surface area contributed by atoms with Gasteiger partial charge in [0.25, 0.3) is 15.9 Å². The standard InChI is InChI=1S/C24H24Cl2N2O4S/c1-4-22(32-23-11-15(2)5-6-16(23)3)24(29)27-19-7-9-21(10-8-19)33(30,31)28-20-13-17(25)12-18(26)14-20/h5-14,22,28H,4H2,1-3H3,(H,27,29)/t22-/m0/s1. The summed E-state index contributed by atoms with van der Waals surface area (Å²) in [6.07, 6.45) is -0.221. The SMILES string of the molecule is CC[C@H](Oc1cc(C)ccc1C)C(=O)Nc1ccc(S(=O)(=O)Nc2cc(Cl)cc(Cl)c2)cc1. The second-order valence-electron chi connectivity index (χ2n) is 7.56. The van der Waals surface area contributed by atoms with Crippen molar-refractivity contribution in [2.45, 2.75) is 38.2 Å². The lowest BCUT2D eigenvalue weighted by Crippen LogP contribution is -2.32. The smallest absolute Gasteiger partial charge is 0.265 e. The highest BCUT2D eigenvalue weighted by Crippen LogP contribution is 2.26. The summed E-state index contributed by atoms with van der Waals surface area (Å²) in [4.78, 5) is 12.8. The molecule has 0 fully saturated rings. The Labute approximate surface area is 203 Å². The number of aryl methyl sites for hydroxylation is 2. The van der Waals surface area contributed by atoms with E-state index >= 15 is 0 Å². The Bertz CT molecular complexity index is 1240. The van der Waals surface area contributed by atoms with E-state index in [0.29, 0.717) is 27.9 Å². The summed E-state index contributed by atoms with van der Waals surface area (Å²) in [6, 6.07) is 16.1. The third-order valence-corrected chi connectivity index (χ3v) is 6.66. The van der Waals surface area contributed by atoms with Gasteiger partial charge < -0.3 is 10.1 Å². The quantitative estimate of drug-likeness (QED) is 0.380. The van der Waals surface area contributed by atoms with Gasteiger partial charge in [0.2, 0.25) is 0 Å². The monoisotopic (exact) mass is 506 g/mol. The van der Waals surface area contributed by atoms with Gasteiger partial charge in [-0.15, -0.1) is 0 Å². The first kappa shape index (κ1) is 24.9. The Morgan fingerprint density at radius 2 is 1.58 bits per heavy atom. The normalized spacial score (nSPS) is 12.2. The fourth-order valence-electron chi connectivity index (χ4n) is 3.08. The van der Waals surface area contributed by atoms with Gasteiger partial charge in [-0.25, -0.2) is 8.42 Å². The van der Waals surface area contributed by atoms with Crippen LogP contribution >= 0.6 is 23.2 Å². The van der Waals surface area contributed by atoms with Crippen LogP contribution in [0.15, 0.2) is 65.6 Å². The van der Waals surface area contributed by atoms with Gasteiger partial charge in [-0.1, -0.05) is 42.3 Å². The number of carbonyl (C=O) groups is 1. The predicted octanol–water partition coefficient (Wildman–Crippen LogP) is 6.21. The maximum Gasteiger partial charge on any atom is 0.265 e. The van der Waals surface area contributed by atoms with Crippen molar-refractivity contribution < 1.29 is 17.9 Å². The molecule has 1 amide bonds. The summed E-state index contributed by atoms with van der Waals surface area (Å²) < 4.78 is 33.7. The Morgan fingerprint density at radius 1 is 0.939 bits per heavy atom. The number of hydrogen-bond donors (Lipinski definition) is 2. The molecule has 174 valence electrons. The second kappa shape index (κ2) is 10.5. The zero-order chi connectivity index (χ0) is 24.2. The molecule has 0 aromatic heterocycles. The van der Waals surface area contributed by atoms with E-state index in [1.165, 1.54) is 42.5 Å². The average Bonchev–Trinajstić information content (AvgIpc) is 2.73. The van der Waals surface area contributed by atoms with E-state index < -0.39 is 16.1 Å². The molecule has 0 bridgehead atoms. The van der Waals surface area contributed by atoms with Gasteiger partial charge in [0, 0.05) is 15.7 Å². The third kappa shape index (κ3) is 6.63. The highest BCUT2D eigenvalue weighted by molar-refractivity contribution is 7.92. The topological polar surface area (TPSA) is 84.5 Å². The maximum absolute atomic E-state index is 12.7. The zero-order valence-corrected chi connectivity index (χ0v) is 20.7. The molecule has 2 N–H and O–H groups in total. The van der Waals surface area contributed by atoms with Crippen LogP contribution in [0.2, 0.25) is 10.0 Å². The Hall–Kier alpha value is -2.74. The number of carbonyl (C=O) groups excluding carboxylic acids is 1.